The van der Waals surface area contributed by atoms with Crippen molar-refractivity contribution in [1.29, 1.82) is 0 Å². The lowest BCUT2D eigenvalue weighted by molar-refractivity contribution is -0.0339. The molecule has 0 unspecified atom stereocenters. The van der Waals surface area contributed by atoms with Crippen molar-refractivity contribution in [3.05, 3.63) is 24.0 Å². The number of nitrogens with zero attached hydrogens (tertiary/aromatic N) is 1. The second-order valence-electron chi connectivity index (χ2n) is 4.76. The van der Waals surface area contributed by atoms with E-state index in [0.29, 0.717) is 18.9 Å². The van der Waals surface area contributed by atoms with Crippen molar-refractivity contribution in [2.24, 2.45) is 5.73 Å². The van der Waals surface area contributed by atoms with Gasteiger partial charge in [0.1, 0.15) is 12.4 Å². The lowest BCUT2D eigenvalue weighted by Crippen LogP contribution is -2.37. The van der Waals surface area contributed by atoms with Crippen LogP contribution in [0.2, 0.25) is 0 Å². The fourth-order valence-corrected chi connectivity index (χ4v) is 2.19. The van der Waals surface area contributed by atoms with E-state index in [1.165, 1.54) is 6.42 Å². The summed E-state index contributed by atoms with van der Waals surface area (Å²) in [5, 5.41) is 10.3. The molecule has 1 aromatic heterocycles. The van der Waals surface area contributed by atoms with Crippen LogP contribution >= 0.6 is 0 Å². The van der Waals surface area contributed by atoms with Crippen molar-refractivity contribution in [3.8, 4) is 5.75 Å². The molecule has 4 nitrogen and oxygen atoms in total. The summed E-state index contributed by atoms with van der Waals surface area (Å²) in [6.45, 7) is 0.793. The molecule has 1 saturated carbocycles. The molecule has 0 spiro atoms. The summed E-state index contributed by atoms with van der Waals surface area (Å²) in [6.07, 6.45) is 6.72. The molecule has 0 aromatic carbocycles. The third kappa shape index (κ3) is 3.41. The molecule has 0 atom stereocenters. The number of aliphatic hydroxyl groups is 1. The Hall–Kier alpha value is -1.13. The zero-order valence-corrected chi connectivity index (χ0v) is 10.1. The van der Waals surface area contributed by atoms with Crippen molar-refractivity contribution < 1.29 is 9.84 Å². The van der Waals surface area contributed by atoms with Crippen LogP contribution in [0.15, 0.2) is 18.3 Å². The van der Waals surface area contributed by atoms with Crippen molar-refractivity contribution in [2.45, 2.75) is 44.2 Å². The third-order valence-electron chi connectivity index (χ3n) is 3.30. The maximum Gasteiger partial charge on any atom is 0.137 e. The van der Waals surface area contributed by atoms with E-state index in [2.05, 4.69) is 4.98 Å². The molecule has 0 saturated heterocycles. The first kappa shape index (κ1) is 12.3. The lowest BCUT2D eigenvalue weighted by Gasteiger charge is -2.31. The Balaban J connectivity index is 1.87. The first-order valence-electron chi connectivity index (χ1n) is 6.22. The minimum atomic E-state index is -0.648. The highest BCUT2D eigenvalue weighted by atomic mass is 16.5. The Bertz CT molecular complexity index is 345. The van der Waals surface area contributed by atoms with E-state index in [-0.39, 0.29) is 0 Å². The van der Waals surface area contributed by atoms with Crippen LogP contribution in [-0.4, -0.2) is 22.3 Å². The van der Waals surface area contributed by atoms with Gasteiger partial charge in [0.2, 0.25) is 0 Å². The molecule has 1 aliphatic rings. The van der Waals surface area contributed by atoms with Gasteiger partial charge in [0.25, 0.3) is 0 Å². The molecular formula is C13H20N2O2. The first-order valence-corrected chi connectivity index (χ1v) is 6.22. The fraction of sp³-hybridized carbons (Fsp3) is 0.615. The zero-order valence-electron chi connectivity index (χ0n) is 10.1. The van der Waals surface area contributed by atoms with E-state index in [0.717, 1.165) is 31.4 Å². The molecule has 1 aromatic rings. The number of hydrogen-bond donors (Lipinski definition) is 2. The van der Waals surface area contributed by atoms with Crippen molar-refractivity contribution in [1.82, 2.24) is 4.98 Å². The Labute approximate surface area is 102 Å². The van der Waals surface area contributed by atoms with E-state index >= 15 is 0 Å². The van der Waals surface area contributed by atoms with Gasteiger partial charge in [0.15, 0.2) is 0 Å². The minimum Gasteiger partial charge on any atom is -0.489 e. The average molecular weight is 236 g/mol. The smallest absolute Gasteiger partial charge is 0.137 e. The van der Waals surface area contributed by atoms with Gasteiger partial charge in [-0.25, -0.2) is 0 Å². The molecule has 17 heavy (non-hydrogen) atoms. The molecule has 1 fully saturated rings. The number of aromatic nitrogens is 1. The number of nitrogens with two attached hydrogens (primary N) is 1. The second kappa shape index (κ2) is 5.47. The van der Waals surface area contributed by atoms with Crippen LogP contribution in [0, 0.1) is 0 Å². The molecule has 1 aliphatic carbocycles. The molecule has 4 heteroatoms. The summed E-state index contributed by atoms with van der Waals surface area (Å²) in [6, 6.07) is 3.70. The van der Waals surface area contributed by atoms with Crippen LogP contribution in [-0.2, 0) is 6.54 Å². The van der Waals surface area contributed by atoms with Gasteiger partial charge in [-0.1, -0.05) is 19.3 Å². The molecule has 0 bridgehead atoms. The summed E-state index contributed by atoms with van der Waals surface area (Å²) >= 11 is 0. The van der Waals surface area contributed by atoms with Gasteiger partial charge in [-0.15, -0.1) is 0 Å². The standard InChI is InChI=1S/C13H20N2O2/c14-8-11-4-5-12(9-15-11)17-10-13(16)6-2-1-3-7-13/h4-5,9,16H,1-3,6-8,10,14H2. The van der Waals surface area contributed by atoms with E-state index in [9.17, 15) is 5.11 Å². The molecule has 0 amide bonds. The fourth-order valence-electron chi connectivity index (χ4n) is 2.19. The normalized spacial score (nSPS) is 18.9. The summed E-state index contributed by atoms with van der Waals surface area (Å²) in [7, 11) is 0. The van der Waals surface area contributed by atoms with Crippen LogP contribution in [0.5, 0.6) is 5.75 Å². The summed E-state index contributed by atoms with van der Waals surface area (Å²) in [4.78, 5) is 4.15. The Morgan fingerprint density at radius 2 is 2.06 bits per heavy atom. The topological polar surface area (TPSA) is 68.4 Å². The highest BCUT2D eigenvalue weighted by Gasteiger charge is 2.29. The highest BCUT2D eigenvalue weighted by molar-refractivity contribution is 5.19. The van der Waals surface area contributed by atoms with E-state index in [1.807, 2.05) is 12.1 Å². The van der Waals surface area contributed by atoms with Gasteiger partial charge >= 0.3 is 0 Å². The third-order valence-corrected chi connectivity index (χ3v) is 3.30. The molecule has 1 heterocycles. The summed E-state index contributed by atoms with van der Waals surface area (Å²) in [5.74, 6) is 0.696. The van der Waals surface area contributed by atoms with Crippen LogP contribution in [0.3, 0.4) is 0 Å². The Morgan fingerprint density at radius 3 is 2.65 bits per heavy atom. The van der Waals surface area contributed by atoms with Crippen LogP contribution < -0.4 is 10.5 Å². The lowest BCUT2D eigenvalue weighted by atomic mass is 9.86. The van der Waals surface area contributed by atoms with Crippen molar-refractivity contribution >= 4 is 0 Å². The predicted molar refractivity (Wildman–Crippen MR) is 65.7 cm³/mol. The monoisotopic (exact) mass is 236 g/mol. The highest BCUT2D eigenvalue weighted by Crippen LogP contribution is 2.28. The summed E-state index contributed by atoms with van der Waals surface area (Å²) < 4.78 is 5.59. The van der Waals surface area contributed by atoms with Gasteiger partial charge in [-0.05, 0) is 25.0 Å². The molecule has 3 N–H and O–H groups in total. The van der Waals surface area contributed by atoms with E-state index < -0.39 is 5.60 Å². The van der Waals surface area contributed by atoms with Crippen molar-refractivity contribution in [2.75, 3.05) is 6.61 Å². The summed E-state index contributed by atoms with van der Waals surface area (Å²) in [5.41, 5.74) is 5.66. The number of pyridine rings is 1. The first-order chi connectivity index (χ1) is 8.22. The largest absolute Gasteiger partial charge is 0.489 e. The maximum atomic E-state index is 10.3. The van der Waals surface area contributed by atoms with Crippen LogP contribution in [0.4, 0.5) is 0 Å². The van der Waals surface area contributed by atoms with Gasteiger partial charge in [-0.3, -0.25) is 4.98 Å². The average Bonchev–Trinajstić information content (AvgIpc) is 2.38. The van der Waals surface area contributed by atoms with Crippen LogP contribution in [0.1, 0.15) is 37.8 Å². The van der Waals surface area contributed by atoms with Gasteiger partial charge in [-0.2, -0.15) is 0 Å². The van der Waals surface area contributed by atoms with Gasteiger partial charge in [0.05, 0.1) is 17.5 Å². The molecule has 2 rings (SSSR count). The molecule has 0 radical (unpaired) electrons. The molecular weight excluding hydrogens is 216 g/mol. The number of rotatable bonds is 4. The maximum absolute atomic E-state index is 10.3. The van der Waals surface area contributed by atoms with Gasteiger partial charge < -0.3 is 15.6 Å². The SMILES string of the molecule is NCc1ccc(OCC2(O)CCCCC2)cn1. The predicted octanol–water partition coefficient (Wildman–Crippen LogP) is 1.61. The quantitative estimate of drug-likeness (QED) is 0.833. The van der Waals surface area contributed by atoms with Gasteiger partial charge in [0, 0.05) is 6.54 Å². The molecule has 94 valence electrons. The number of hydrogen-bond acceptors (Lipinski definition) is 4. The van der Waals surface area contributed by atoms with E-state index in [4.69, 9.17) is 10.5 Å². The van der Waals surface area contributed by atoms with Crippen molar-refractivity contribution in [3.63, 3.8) is 0 Å². The second-order valence-corrected chi connectivity index (χ2v) is 4.76. The van der Waals surface area contributed by atoms with Crippen LogP contribution in [0.25, 0.3) is 0 Å². The number of ether oxygens (including phenoxy) is 1. The zero-order chi connectivity index (χ0) is 12.1. The Kier molecular flexibility index (Phi) is 3.97. The molecule has 0 aliphatic heterocycles. The Morgan fingerprint density at radius 1 is 1.29 bits per heavy atom. The van der Waals surface area contributed by atoms with E-state index in [1.54, 1.807) is 6.20 Å². The minimum absolute atomic E-state index is 0.358.